The van der Waals surface area contributed by atoms with Crippen LogP contribution in [0.15, 0.2) is 11.1 Å². The lowest BCUT2D eigenvalue weighted by atomic mass is 10.1. The second-order valence-electron chi connectivity index (χ2n) is 5.13. The molecule has 9 nitrogen and oxygen atoms in total. The van der Waals surface area contributed by atoms with Gasteiger partial charge in [0.1, 0.15) is 35.6 Å². The molecular weight excluding hydrogens is 280 g/mol. The predicted molar refractivity (Wildman–Crippen MR) is 70.5 cm³/mol. The van der Waals surface area contributed by atoms with Crippen LogP contribution in [0, 0.1) is 0 Å². The van der Waals surface area contributed by atoms with Crippen LogP contribution in [0.1, 0.15) is 11.8 Å². The van der Waals surface area contributed by atoms with Gasteiger partial charge in [-0.15, -0.1) is 0 Å². The molecule has 3 heterocycles. The lowest BCUT2D eigenvalue weighted by Gasteiger charge is -2.12. The number of aliphatic hydroxyl groups excluding tert-OH is 3. The molecule has 9 heteroatoms. The molecule has 0 bridgehead atoms. The standard InChI is InChI=1S/C12H16N4O5/c1-15-4-13-6-7(14-16(2)8(6)12(15)20)11-10(19)9(18)5(3-17)21-11/h4-5,9-11,17-19H,3H2,1-2H3/t5-,9-,10-,11+/m1/s1. The van der Waals surface area contributed by atoms with E-state index in [0.29, 0.717) is 5.52 Å². The van der Waals surface area contributed by atoms with Crippen LogP contribution in [0.5, 0.6) is 0 Å². The van der Waals surface area contributed by atoms with Gasteiger partial charge < -0.3 is 24.6 Å². The van der Waals surface area contributed by atoms with E-state index in [1.54, 1.807) is 14.1 Å². The van der Waals surface area contributed by atoms with Crippen molar-refractivity contribution in [3.63, 3.8) is 0 Å². The van der Waals surface area contributed by atoms with E-state index >= 15 is 0 Å². The minimum Gasteiger partial charge on any atom is -0.394 e. The minimum absolute atomic E-state index is 0.270. The van der Waals surface area contributed by atoms with Gasteiger partial charge in [0.25, 0.3) is 5.56 Å². The summed E-state index contributed by atoms with van der Waals surface area (Å²) in [4.78, 5) is 16.3. The highest BCUT2D eigenvalue weighted by Crippen LogP contribution is 2.34. The molecule has 21 heavy (non-hydrogen) atoms. The van der Waals surface area contributed by atoms with Crippen LogP contribution in [-0.4, -0.2) is 59.6 Å². The molecule has 0 amide bonds. The quantitative estimate of drug-likeness (QED) is 0.576. The highest BCUT2D eigenvalue weighted by atomic mass is 16.6. The van der Waals surface area contributed by atoms with Gasteiger partial charge in [0.15, 0.2) is 5.52 Å². The van der Waals surface area contributed by atoms with Crippen molar-refractivity contribution >= 4 is 11.0 Å². The minimum atomic E-state index is -1.24. The zero-order chi connectivity index (χ0) is 15.3. The zero-order valence-corrected chi connectivity index (χ0v) is 11.5. The van der Waals surface area contributed by atoms with Gasteiger partial charge in [0.05, 0.1) is 12.9 Å². The van der Waals surface area contributed by atoms with Crippen molar-refractivity contribution in [1.82, 2.24) is 19.3 Å². The third-order valence-corrected chi connectivity index (χ3v) is 3.74. The Morgan fingerprint density at radius 2 is 2.05 bits per heavy atom. The molecule has 0 radical (unpaired) electrons. The summed E-state index contributed by atoms with van der Waals surface area (Å²) in [5.41, 5.74) is 0.601. The van der Waals surface area contributed by atoms with Crippen molar-refractivity contribution in [1.29, 1.82) is 0 Å². The smallest absolute Gasteiger partial charge is 0.279 e. The molecule has 1 aliphatic rings. The Labute approximate surface area is 119 Å². The third kappa shape index (κ3) is 1.97. The van der Waals surface area contributed by atoms with E-state index in [2.05, 4.69) is 10.1 Å². The summed E-state index contributed by atoms with van der Waals surface area (Å²) in [6, 6.07) is 0. The number of fused-ring (bicyclic) bond motifs is 1. The van der Waals surface area contributed by atoms with Gasteiger partial charge in [-0.3, -0.25) is 9.48 Å². The highest BCUT2D eigenvalue weighted by Gasteiger charge is 2.45. The summed E-state index contributed by atoms with van der Waals surface area (Å²) in [5, 5.41) is 33.2. The Morgan fingerprint density at radius 3 is 2.67 bits per heavy atom. The molecule has 0 aromatic carbocycles. The molecule has 1 fully saturated rings. The lowest BCUT2D eigenvalue weighted by molar-refractivity contribution is -0.0237. The number of aromatic nitrogens is 4. The number of ether oxygens (including phenoxy) is 1. The first kappa shape index (κ1) is 14.1. The SMILES string of the molecule is Cn1cnc2c([C@@H]3O[C@H](CO)[C@@H](O)[C@H]3O)nn(C)c2c1=O. The van der Waals surface area contributed by atoms with Crippen molar-refractivity contribution < 1.29 is 20.1 Å². The van der Waals surface area contributed by atoms with Gasteiger partial charge >= 0.3 is 0 Å². The van der Waals surface area contributed by atoms with Crippen LogP contribution in [0.4, 0.5) is 0 Å². The molecule has 2 aromatic rings. The second kappa shape index (κ2) is 4.88. The lowest BCUT2D eigenvalue weighted by Crippen LogP contribution is -2.32. The Kier molecular flexibility index (Phi) is 3.29. The maximum absolute atomic E-state index is 12.1. The summed E-state index contributed by atoms with van der Waals surface area (Å²) < 4.78 is 8.13. The fourth-order valence-corrected chi connectivity index (χ4v) is 2.58. The fraction of sp³-hybridized carbons (Fsp3) is 0.583. The monoisotopic (exact) mass is 296 g/mol. The average molecular weight is 296 g/mol. The van der Waals surface area contributed by atoms with E-state index < -0.39 is 31.0 Å². The Hall–Kier alpha value is -1.81. The summed E-state index contributed by atoms with van der Waals surface area (Å²) >= 11 is 0. The normalized spacial score (nSPS) is 29.4. The van der Waals surface area contributed by atoms with Gasteiger partial charge in [-0.1, -0.05) is 0 Å². The molecule has 0 aliphatic carbocycles. The van der Waals surface area contributed by atoms with Crippen LogP contribution in [-0.2, 0) is 18.8 Å². The number of hydrogen-bond acceptors (Lipinski definition) is 7. The Morgan fingerprint density at radius 1 is 1.33 bits per heavy atom. The van der Waals surface area contributed by atoms with Crippen LogP contribution < -0.4 is 5.56 Å². The first-order valence-electron chi connectivity index (χ1n) is 6.46. The zero-order valence-electron chi connectivity index (χ0n) is 11.5. The van der Waals surface area contributed by atoms with E-state index in [-0.39, 0.29) is 16.8 Å². The number of nitrogens with zero attached hydrogens (tertiary/aromatic N) is 4. The molecule has 114 valence electrons. The second-order valence-corrected chi connectivity index (χ2v) is 5.13. The van der Waals surface area contributed by atoms with E-state index in [4.69, 9.17) is 9.84 Å². The van der Waals surface area contributed by atoms with E-state index in [1.165, 1.54) is 15.6 Å². The summed E-state index contributed by atoms with van der Waals surface area (Å²) in [6.45, 7) is -0.422. The van der Waals surface area contributed by atoms with E-state index in [1.807, 2.05) is 0 Å². The maximum atomic E-state index is 12.1. The average Bonchev–Trinajstić information content (AvgIpc) is 2.94. The van der Waals surface area contributed by atoms with E-state index in [0.717, 1.165) is 0 Å². The number of rotatable bonds is 2. The van der Waals surface area contributed by atoms with Crippen LogP contribution in [0.25, 0.3) is 11.0 Å². The maximum Gasteiger partial charge on any atom is 0.279 e. The van der Waals surface area contributed by atoms with Crippen molar-refractivity contribution in [3.8, 4) is 0 Å². The Bertz CT molecular complexity index is 739. The van der Waals surface area contributed by atoms with Crippen molar-refractivity contribution in [2.24, 2.45) is 14.1 Å². The first-order valence-corrected chi connectivity index (χ1v) is 6.46. The molecular formula is C12H16N4O5. The number of aryl methyl sites for hydroxylation is 2. The molecule has 4 atom stereocenters. The number of aliphatic hydroxyl groups is 3. The Balaban J connectivity index is 2.14. The van der Waals surface area contributed by atoms with Crippen LogP contribution in [0.3, 0.4) is 0 Å². The molecule has 3 N–H and O–H groups in total. The van der Waals surface area contributed by atoms with Gasteiger partial charge in [0, 0.05) is 14.1 Å². The van der Waals surface area contributed by atoms with Gasteiger partial charge in [-0.05, 0) is 0 Å². The molecule has 0 spiro atoms. The summed E-state index contributed by atoms with van der Waals surface area (Å²) in [7, 11) is 3.17. The molecule has 1 aliphatic heterocycles. The first-order chi connectivity index (χ1) is 9.95. The van der Waals surface area contributed by atoms with Crippen LogP contribution >= 0.6 is 0 Å². The summed E-state index contributed by atoms with van der Waals surface area (Å²) in [5.74, 6) is 0. The summed E-state index contributed by atoms with van der Waals surface area (Å²) in [6.07, 6.45) is -2.94. The molecule has 3 rings (SSSR count). The molecule has 2 aromatic heterocycles. The van der Waals surface area contributed by atoms with E-state index in [9.17, 15) is 15.0 Å². The highest BCUT2D eigenvalue weighted by molar-refractivity contribution is 5.76. The third-order valence-electron chi connectivity index (χ3n) is 3.74. The van der Waals surface area contributed by atoms with Crippen LogP contribution in [0.2, 0.25) is 0 Å². The number of hydrogen-bond donors (Lipinski definition) is 3. The van der Waals surface area contributed by atoms with Crippen molar-refractivity contribution in [2.45, 2.75) is 24.4 Å². The predicted octanol–water partition coefficient (Wildman–Crippen LogP) is -2.18. The topological polar surface area (TPSA) is 123 Å². The van der Waals surface area contributed by atoms with Gasteiger partial charge in [-0.2, -0.15) is 5.10 Å². The van der Waals surface area contributed by atoms with Gasteiger partial charge in [-0.25, -0.2) is 4.98 Å². The van der Waals surface area contributed by atoms with Crippen molar-refractivity contribution in [2.75, 3.05) is 6.61 Å². The molecule has 0 unspecified atom stereocenters. The molecule has 1 saturated heterocycles. The fourth-order valence-electron chi connectivity index (χ4n) is 2.58. The molecule has 0 saturated carbocycles. The van der Waals surface area contributed by atoms with Crippen molar-refractivity contribution in [3.05, 3.63) is 22.4 Å². The van der Waals surface area contributed by atoms with Gasteiger partial charge in [0.2, 0.25) is 0 Å². The largest absolute Gasteiger partial charge is 0.394 e.